The fourth-order valence-corrected chi connectivity index (χ4v) is 2.89. The molecule has 0 radical (unpaired) electrons. The molecule has 0 nitrogen and oxygen atoms in total. The molecule has 1 aromatic rings. The summed E-state index contributed by atoms with van der Waals surface area (Å²) < 4.78 is 0. The van der Waals surface area contributed by atoms with E-state index in [0.29, 0.717) is 0 Å². The van der Waals surface area contributed by atoms with Crippen LogP contribution in [-0.4, -0.2) is 0 Å². The normalized spacial score (nSPS) is 12.5. The van der Waals surface area contributed by atoms with Gasteiger partial charge in [-0.15, -0.1) is 0 Å². The molecular weight excluding hydrogens is 240 g/mol. The molecule has 1 atom stereocenters. The van der Waals surface area contributed by atoms with Crippen molar-refractivity contribution in [3.05, 3.63) is 35.9 Å². The molecule has 0 aromatic heterocycles. The number of unbranched alkanes of at least 4 members (excludes halogenated alkanes) is 9. The van der Waals surface area contributed by atoms with Gasteiger partial charge in [0.1, 0.15) is 0 Å². The van der Waals surface area contributed by atoms with Crippen molar-refractivity contribution >= 4 is 0 Å². The number of hydrogen-bond acceptors (Lipinski definition) is 0. The second-order valence-corrected chi connectivity index (χ2v) is 6.28. The lowest BCUT2D eigenvalue weighted by atomic mass is 9.95. The van der Waals surface area contributed by atoms with Gasteiger partial charge in [-0.3, -0.25) is 0 Å². The molecule has 1 aromatic carbocycles. The molecule has 0 fully saturated rings. The molecule has 1 rings (SSSR count). The summed E-state index contributed by atoms with van der Waals surface area (Å²) in [5.74, 6) is 0.727. The second kappa shape index (κ2) is 12.0. The molecule has 114 valence electrons. The molecule has 0 aliphatic heterocycles. The van der Waals surface area contributed by atoms with Gasteiger partial charge in [-0.05, 0) is 17.9 Å². The third kappa shape index (κ3) is 8.40. The van der Waals surface area contributed by atoms with Crippen LogP contribution in [0.2, 0.25) is 0 Å². The molecular formula is C20H34. The third-order valence-corrected chi connectivity index (χ3v) is 4.36. The minimum Gasteiger partial charge on any atom is -0.0654 e. The van der Waals surface area contributed by atoms with Crippen LogP contribution in [0, 0.1) is 0 Å². The third-order valence-electron chi connectivity index (χ3n) is 4.36. The van der Waals surface area contributed by atoms with E-state index in [2.05, 4.69) is 44.2 Å². The average Bonchev–Trinajstić information content (AvgIpc) is 2.50. The molecule has 0 heterocycles. The topological polar surface area (TPSA) is 0 Å². The summed E-state index contributed by atoms with van der Waals surface area (Å²) in [7, 11) is 0. The molecule has 0 aliphatic carbocycles. The zero-order valence-corrected chi connectivity index (χ0v) is 13.7. The van der Waals surface area contributed by atoms with Gasteiger partial charge < -0.3 is 0 Å². The van der Waals surface area contributed by atoms with E-state index >= 15 is 0 Å². The first-order valence-corrected chi connectivity index (χ1v) is 8.89. The summed E-state index contributed by atoms with van der Waals surface area (Å²) in [4.78, 5) is 0. The summed E-state index contributed by atoms with van der Waals surface area (Å²) in [6.45, 7) is 4.65. The van der Waals surface area contributed by atoms with Gasteiger partial charge in [0.05, 0.1) is 0 Å². The second-order valence-electron chi connectivity index (χ2n) is 6.28. The summed E-state index contributed by atoms with van der Waals surface area (Å²) >= 11 is 0. The Kier molecular flexibility index (Phi) is 10.4. The summed E-state index contributed by atoms with van der Waals surface area (Å²) in [5.41, 5.74) is 1.50. The zero-order valence-electron chi connectivity index (χ0n) is 13.7. The molecule has 0 aliphatic rings. The van der Waals surface area contributed by atoms with E-state index in [1.165, 1.54) is 76.2 Å². The average molecular weight is 274 g/mol. The highest BCUT2D eigenvalue weighted by molar-refractivity contribution is 5.18. The fraction of sp³-hybridized carbons (Fsp3) is 0.700. The molecule has 20 heavy (non-hydrogen) atoms. The Morgan fingerprint density at radius 3 is 1.75 bits per heavy atom. The predicted molar refractivity (Wildman–Crippen MR) is 91.3 cm³/mol. The lowest BCUT2D eigenvalue weighted by Crippen LogP contribution is -1.93. The van der Waals surface area contributed by atoms with Crippen molar-refractivity contribution in [1.29, 1.82) is 0 Å². The van der Waals surface area contributed by atoms with Gasteiger partial charge in [0.2, 0.25) is 0 Å². The minimum absolute atomic E-state index is 0.727. The molecule has 0 N–H and O–H groups in total. The van der Waals surface area contributed by atoms with Gasteiger partial charge in [-0.1, -0.05) is 108 Å². The van der Waals surface area contributed by atoms with E-state index in [1.54, 1.807) is 0 Å². The molecule has 0 saturated carbocycles. The van der Waals surface area contributed by atoms with Crippen molar-refractivity contribution < 1.29 is 0 Å². The molecule has 0 spiro atoms. The molecule has 1 unspecified atom stereocenters. The first-order chi connectivity index (χ1) is 9.84. The number of rotatable bonds is 12. The zero-order chi connectivity index (χ0) is 14.5. The fourth-order valence-electron chi connectivity index (χ4n) is 2.89. The standard InChI is InChI=1S/C20H34/c1-3-4-5-6-7-8-9-10-11-13-16-19(2)20-17-14-12-15-18-20/h12,14-15,17-19H,3-11,13,16H2,1-2H3. The minimum atomic E-state index is 0.727. The molecule has 0 saturated heterocycles. The summed E-state index contributed by atoms with van der Waals surface area (Å²) in [6, 6.07) is 11.0. The molecule has 0 amide bonds. The van der Waals surface area contributed by atoms with Crippen molar-refractivity contribution in [3.8, 4) is 0 Å². The Morgan fingerprint density at radius 2 is 1.20 bits per heavy atom. The van der Waals surface area contributed by atoms with Gasteiger partial charge in [-0.2, -0.15) is 0 Å². The van der Waals surface area contributed by atoms with Crippen molar-refractivity contribution in [2.24, 2.45) is 0 Å². The van der Waals surface area contributed by atoms with Crippen molar-refractivity contribution in [1.82, 2.24) is 0 Å². The van der Waals surface area contributed by atoms with Crippen LogP contribution in [0.25, 0.3) is 0 Å². The van der Waals surface area contributed by atoms with E-state index in [9.17, 15) is 0 Å². The lowest BCUT2D eigenvalue weighted by molar-refractivity contribution is 0.535. The van der Waals surface area contributed by atoms with E-state index in [0.717, 1.165) is 5.92 Å². The first-order valence-electron chi connectivity index (χ1n) is 8.89. The van der Waals surface area contributed by atoms with Crippen molar-refractivity contribution in [3.63, 3.8) is 0 Å². The van der Waals surface area contributed by atoms with Crippen LogP contribution in [0.15, 0.2) is 30.3 Å². The van der Waals surface area contributed by atoms with Crippen molar-refractivity contribution in [2.45, 2.75) is 90.4 Å². The first kappa shape index (κ1) is 17.3. The highest BCUT2D eigenvalue weighted by Gasteiger charge is 2.03. The largest absolute Gasteiger partial charge is 0.0654 e. The van der Waals surface area contributed by atoms with Crippen LogP contribution >= 0.6 is 0 Å². The van der Waals surface area contributed by atoms with E-state index in [4.69, 9.17) is 0 Å². The van der Waals surface area contributed by atoms with E-state index < -0.39 is 0 Å². The SMILES string of the molecule is CCCCCCCCCCCCC(C)c1ccccc1. The van der Waals surface area contributed by atoms with Crippen LogP contribution in [0.1, 0.15) is 96.0 Å². The Hall–Kier alpha value is -0.780. The molecule has 0 heteroatoms. The van der Waals surface area contributed by atoms with Crippen LogP contribution in [0.5, 0.6) is 0 Å². The lowest BCUT2D eigenvalue weighted by Gasteiger charge is -2.11. The van der Waals surface area contributed by atoms with Crippen LogP contribution in [0.4, 0.5) is 0 Å². The predicted octanol–water partition coefficient (Wildman–Crippen LogP) is 7.10. The summed E-state index contributed by atoms with van der Waals surface area (Å²) in [5, 5.41) is 0. The van der Waals surface area contributed by atoms with E-state index in [-0.39, 0.29) is 0 Å². The maximum atomic E-state index is 2.36. The van der Waals surface area contributed by atoms with Crippen LogP contribution in [0.3, 0.4) is 0 Å². The highest BCUT2D eigenvalue weighted by atomic mass is 14.1. The van der Waals surface area contributed by atoms with Crippen LogP contribution in [-0.2, 0) is 0 Å². The maximum Gasteiger partial charge on any atom is -0.0190 e. The molecule has 0 bridgehead atoms. The maximum absolute atomic E-state index is 2.36. The van der Waals surface area contributed by atoms with Gasteiger partial charge in [0.15, 0.2) is 0 Å². The Morgan fingerprint density at radius 1 is 0.700 bits per heavy atom. The van der Waals surface area contributed by atoms with Gasteiger partial charge in [0, 0.05) is 0 Å². The van der Waals surface area contributed by atoms with Crippen LogP contribution < -0.4 is 0 Å². The Balaban J connectivity index is 1.90. The monoisotopic (exact) mass is 274 g/mol. The van der Waals surface area contributed by atoms with Gasteiger partial charge in [-0.25, -0.2) is 0 Å². The van der Waals surface area contributed by atoms with Gasteiger partial charge >= 0.3 is 0 Å². The number of benzene rings is 1. The number of hydrogen-bond donors (Lipinski definition) is 0. The van der Waals surface area contributed by atoms with Gasteiger partial charge in [0.25, 0.3) is 0 Å². The Labute approximate surface area is 127 Å². The quantitative estimate of drug-likeness (QED) is 0.356. The highest BCUT2D eigenvalue weighted by Crippen LogP contribution is 2.22. The van der Waals surface area contributed by atoms with E-state index in [1.807, 2.05) is 0 Å². The summed E-state index contributed by atoms with van der Waals surface area (Å²) in [6.07, 6.45) is 15.7. The smallest absolute Gasteiger partial charge is 0.0190 e. The van der Waals surface area contributed by atoms with Crippen molar-refractivity contribution in [2.75, 3.05) is 0 Å². The Bertz CT molecular complexity index is 301.